The van der Waals surface area contributed by atoms with Crippen LogP contribution in [0.15, 0.2) is 18.5 Å². The summed E-state index contributed by atoms with van der Waals surface area (Å²) >= 11 is 0. The fraction of sp³-hybridized carbons (Fsp3) is 0.500. The van der Waals surface area contributed by atoms with E-state index in [1.165, 1.54) is 6.20 Å². The number of carbonyl (C=O) groups is 1. The fourth-order valence-corrected chi connectivity index (χ4v) is 2.42. The number of carbonyl (C=O) groups excluding carboxylic acids is 1. The van der Waals surface area contributed by atoms with Crippen molar-refractivity contribution in [1.29, 1.82) is 0 Å². The minimum Gasteiger partial charge on any atom is -0.387 e. The van der Waals surface area contributed by atoms with Crippen LogP contribution in [-0.2, 0) is 4.79 Å². The zero-order chi connectivity index (χ0) is 12.5. The molecule has 1 saturated heterocycles. The highest BCUT2D eigenvalue weighted by molar-refractivity contribution is 5.85. The lowest BCUT2D eigenvalue weighted by atomic mass is 9.85. The summed E-state index contributed by atoms with van der Waals surface area (Å²) in [7, 11) is 0. The fourth-order valence-electron chi connectivity index (χ4n) is 2.42. The molecular formula is C12H16N3O2. The summed E-state index contributed by atoms with van der Waals surface area (Å²) in [5.74, 6) is -0.514. The van der Waals surface area contributed by atoms with Gasteiger partial charge in [0.2, 0.25) is 5.91 Å². The number of hydrogen-bond acceptors (Lipinski definition) is 4. The Balaban J connectivity index is 2.35. The van der Waals surface area contributed by atoms with Crippen LogP contribution < -0.4 is 10.6 Å². The molecule has 2 heterocycles. The van der Waals surface area contributed by atoms with Crippen molar-refractivity contribution in [3.05, 3.63) is 24.5 Å². The number of pyridine rings is 1. The number of rotatable bonds is 2. The van der Waals surface area contributed by atoms with Gasteiger partial charge in [-0.05, 0) is 25.8 Å². The van der Waals surface area contributed by atoms with E-state index in [1.807, 2.05) is 0 Å². The molecule has 1 aromatic rings. The summed E-state index contributed by atoms with van der Waals surface area (Å²) in [6.07, 6.45) is 4.55. The highest BCUT2D eigenvalue weighted by Gasteiger charge is 2.43. The molecule has 1 aliphatic rings. The lowest BCUT2D eigenvalue weighted by molar-refractivity contribution is -0.126. The van der Waals surface area contributed by atoms with E-state index in [1.54, 1.807) is 24.1 Å². The summed E-state index contributed by atoms with van der Waals surface area (Å²) in [4.78, 5) is 17.2. The first kappa shape index (κ1) is 11.9. The molecule has 0 aliphatic carbocycles. The summed E-state index contributed by atoms with van der Waals surface area (Å²) in [5, 5.41) is 10.3. The summed E-state index contributed by atoms with van der Waals surface area (Å²) in [6, 6.07) is 4.00. The maximum absolute atomic E-state index is 11.5. The molecule has 1 aliphatic heterocycles. The zero-order valence-electron chi connectivity index (χ0n) is 9.76. The van der Waals surface area contributed by atoms with Crippen LogP contribution in [0.4, 0.5) is 5.69 Å². The molecule has 91 valence electrons. The first-order valence-electron chi connectivity index (χ1n) is 5.62. The third-order valence-corrected chi connectivity index (χ3v) is 3.17. The van der Waals surface area contributed by atoms with Crippen molar-refractivity contribution in [1.82, 2.24) is 4.98 Å². The van der Waals surface area contributed by atoms with Gasteiger partial charge in [0.25, 0.3) is 0 Å². The van der Waals surface area contributed by atoms with E-state index in [-0.39, 0.29) is 0 Å². The molecular weight excluding hydrogens is 218 g/mol. The smallest absolute Gasteiger partial charge is 0.243 e. The Morgan fingerprint density at radius 1 is 1.76 bits per heavy atom. The Hall–Kier alpha value is -1.62. The van der Waals surface area contributed by atoms with E-state index in [0.29, 0.717) is 13.0 Å². The lowest BCUT2D eigenvalue weighted by Gasteiger charge is -2.44. The van der Waals surface area contributed by atoms with E-state index >= 15 is 0 Å². The van der Waals surface area contributed by atoms with E-state index in [4.69, 9.17) is 5.73 Å². The topological polar surface area (TPSA) is 79.4 Å². The van der Waals surface area contributed by atoms with Gasteiger partial charge in [-0.25, -0.2) is 0 Å². The van der Waals surface area contributed by atoms with Crippen LogP contribution in [0.25, 0.3) is 0 Å². The molecule has 1 aromatic heterocycles. The maximum atomic E-state index is 11.5. The number of primary amides is 1. The predicted octanol–water partition coefficient (Wildman–Crippen LogP) is 0.0869. The molecule has 2 unspecified atom stereocenters. The number of hydrogen-bond donors (Lipinski definition) is 2. The minimum absolute atomic E-state index is 0.514. The second-order valence-corrected chi connectivity index (χ2v) is 4.58. The van der Waals surface area contributed by atoms with Crippen molar-refractivity contribution in [2.45, 2.75) is 31.4 Å². The number of piperidine rings is 1. The molecule has 1 amide bonds. The maximum Gasteiger partial charge on any atom is 0.243 e. The summed E-state index contributed by atoms with van der Waals surface area (Å²) < 4.78 is 0. The summed E-state index contributed by atoms with van der Waals surface area (Å²) in [6.45, 7) is 2.33. The normalized spacial score (nSPS) is 29.1. The monoisotopic (exact) mass is 234 g/mol. The molecule has 0 aromatic carbocycles. The molecule has 0 bridgehead atoms. The molecule has 0 saturated carbocycles. The quantitative estimate of drug-likeness (QED) is 0.760. The molecule has 1 fully saturated rings. The minimum atomic E-state index is -1.10. The van der Waals surface area contributed by atoms with Crippen molar-refractivity contribution in [2.75, 3.05) is 11.4 Å². The van der Waals surface area contributed by atoms with Gasteiger partial charge < -0.3 is 15.7 Å². The van der Waals surface area contributed by atoms with Crippen molar-refractivity contribution in [3.63, 3.8) is 0 Å². The Bertz CT molecular complexity index is 405. The molecule has 1 radical (unpaired) electrons. The van der Waals surface area contributed by atoms with Gasteiger partial charge in [0, 0.05) is 30.7 Å². The number of amides is 1. The predicted molar refractivity (Wildman–Crippen MR) is 63.3 cm³/mol. The first-order valence-corrected chi connectivity index (χ1v) is 5.62. The molecule has 0 spiro atoms. The number of nitrogens with zero attached hydrogens (tertiary/aromatic N) is 2. The molecule has 2 rings (SSSR count). The number of aromatic nitrogens is 1. The Labute approximate surface area is 100 Å². The third kappa shape index (κ3) is 2.24. The van der Waals surface area contributed by atoms with Gasteiger partial charge in [-0.3, -0.25) is 9.78 Å². The molecule has 5 heteroatoms. The molecule has 2 atom stereocenters. The third-order valence-electron chi connectivity index (χ3n) is 3.17. The Kier molecular flexibility index (Phi) is 3.02. The van der Waals surface area contributed by atoms with Crippen LogP contribution in [0.5, 0.6) is 0 Å². The van der Waals surface area contributed by atoms with E-state index in [0.717, 1.165) is 12.1 Å². The van der Waals surface area contributed by atoms with Gasteiger partial charge >= 0.3 is 0 Å². The second kappa shape index (κ2) is 4.33. The number of aliphatic hydroxyl groups is 1. The van der Waals surface area contributed by atoms with Crippen LogP contribution in [0.1, 0.15) is 19.8 Å². The Morgan fingerprint density at radius 2 is 2.53 bits per heavy atom. The molecule has 5 nitrogen and oxygen atoms in total. The van der Waals surface area contributed by atoms with Gasteiger partial charge in [-0.15, -0.1) is 0 Å². The average Bonchev–Trinajstić information content (AvgIpc) is 2.28. The van der Waals surface area contributed by atoms with E-state index in [2.05, 4.69) is 11.1 Å². The van der Waals surface area contributed by atoms with Gasteiger partial charge in [-0.1, -0.05) is 0 Å². The zero-order valence-corrected chi connectivity index (χ0v) is 9.76. The standard InChI is InChI=1S/C12H16N3O2/c1-12(17)5-2-8-15(10(12)11(13)16)9-3-6-14-7-4-9/h3,6-7,10,17H,2,5,8H2,1H3,(H2,13,16). The highest BCUT2D eigenvalue weighted by Crippen LogP contribution is 2.30. The molecule has 3 N–H and O–H groups in total. The Morgan fingerprint density at radius 3 is 3.12 bits per heavy atom. The summed E-state index contributed by atoms with van der Waals surface area (Å²) in [5.41, 5.74) is 5.04. The van der Waals surface area contributed by atoms with Gasteiger partial charge in [-0.2, -0.15) is 0 Å². The average molecular weight is 234 g/mol. The molecule has 17 heavy (non-hydrogen) atoms. The lowest BCUT2D eigenvalue weighted by Crippen LogP contribution is -2.61. The number of anilines is 1. The second-order valence-electron chi connectivity index (χ2n) is 4.58. The SMILES string of the molecule is CC1(O)CCCN(c2[c]cncc2)C1C(N)=O. The van der Waals surface area contributed by atoms with Crippen LogP contribution in [0.2, 0.25) is 0 Å². The van der Waals surface area contributed by atoms with E-state index < -0.39 is 17.6 Å². The van der Waals surface area contributed by atoms with E-state index in [9.17, 15) is 9.90 Å². The highest BCUT2D eigenvalue weighted by atomic mass is 16.3. The van der Waals surface area contributed by atoms with Crippen LogP contribution >= 0.6 is 0 Å². The van der Waals surface area contributed by atoms with Crippen LogP contribution in [-0.4, -0.2) is 34.2 Å². The van der Waals surface area contributed by atoms with Crippen molar-refractivity contribution >= 4 is 11.6 Å². The van der Waals surface area contributed by atoms with Crippen molar-refractivity contribution in [2.24, 2.45) is 5.73 Å². The van der Waals surface area contributed by atoms with Gasteiger partial charge in [0.1, 0.15) is 6.04 Å². The largest absolute Gasteiger partial charge is 0.387 e. The van der Waals surface area contributed by atoms with Crippen LogP contribution in [0.3, 0.4) is 0 Å². The van der Waals surface area contributed by atoms with Gasteiger partial charge in [0.05, 0.1) is 5.60 Å². The van der Waals surface area contributed by atoms with Crippen LogP contribution in [0, 0.1) is 6.07 Å². The van der Waals surface area contributed by atoms with Gasteiger partial charge in [0.15, 0.2) is 0 Å². The van der Waals surface area contributed by atoms with Crippen molar-refractivity contribution < 1.29 is 9.90 Å². The van der Waals surface area contributed by atoms with Crippen molar-refractivity contribution in [3.8, 4) is 0 Å². The number of nitrogens with two attached hydrogens (primary N) is 1. The first-order chi connectivity index (χ1) is 8.02.